The Kier molecular flexibility index (Phi) is 4.63. The molecule has 142 valence electrons. The van der Waals surface area contributed by atoms with E-state index >= 15 is 0 Å². The number of hydrogen-bond acceptors (Lipinski definition) is 2. The monoisotopic (exact) mass is 381 g/mol. The van der Waals surface area contributed by atoms with Gasteiger partial charge in [-0.25, -0.2) is 22.8 Å². The number of halogens is 3. The number of rotatable bonds is 4. The van der Waals surface area contributed by atoms with Gasteiger partial charge in [-0.3, -0.25) is 0 Å². The fourth-order valence-corrected chi connectivity index (χ4v) is 3.32. The predicted molar refractivity (Wildman–Crippen MR) is 103 cm³/mol. The van der Waals surface area contributed by atoms with Crippen molar-refractivity contribution < 1.29 is 13.2 Å². The van der Waals surface area contributed by atoms with Crippen molar-refractivity contribution in [3.05, 3.63) is 77.2 Å². The van der Waals surface area contributed by atoms with E-state index < -0.39 is 6.43 Å². The summed E-state index contributed by atoms with van der Waals surface area (Å²) in [5.74, 6) is -0.380. The third kappa shape index (κ3) is 3.15. The van der Waals surface area contributed by atoms with Crippen LogP contribution in [0.3, 0.4) is 0 Å². The van der Waals surface area contributed by atoms with E-state index in [4.69, 9.17) is 0 Å². The SMILES string of the molecule is CCc1ccc(-c2cc(C(F)F)c3c(C)nn(-c4ccc(F)cc4)c3n2)cc1. The van der Waals surface area contributed by atoms with Crippen molar-refractivity contribution in [2.24, 2.45) is 0 Å². The molecule has 0 bridgehead atoms. The Morgan fingerprint density at radius 2 is 1.68 bits per heavy atom. The molecule has 6 heteroatoms. The lowest BCUT2D eigenvalue weighted by molar-refractivity contribution is 0.153. The number of hydrogen-bond donors (Lipinski definition) is 0. The van der Waals surface area contributed by atoms with E-state index in [-0.39, 0.29) is 11.4 Å². The molecule has 0 aliphatic carbocycles. The molecule has 2 aromatic heterocycles. The van der Waals surface area contributed by atoms with Gasteiger partial charge in [0.25, 0.3) is 6.43 Å². The lowest BCUT2D eigenvalue weighted by Crippen LogP contribution is -2.00. The molecule has 3 nitrogen and oxygen atoms in total. The van der Waals surface area contributed by atoms with Gasteiger partial charge in [-0.1, -0.05) is 31.2 Å². The topological polar surface area (TPSA) is 30.7 Å². The van der Waals surface area contributed by atoms with Crippen molar-refractivity contribution in [2.45, 2.75) is 26.7 Å². The van der Waals surface area contributed by atoms with Gasteiger partial charge in [0.15, 0.2) is 5.65 Å². The van der Waals surface area contributed by atoms with Gasteiger partial charge in [-0.2, -0.15) is 5.10 Å². The molecule has 4 rings (SSSR count). The van der Waals surface area contributed by atoms with Crippen molar-refractivity contribution >= 4 is 11.0 Å². The Labute approximate surface area is 160 Å². The molecule has 0 atom stereocenters. The quantitative estimate of drug-likeness (QED) is 0.432. The molecule has 28 heavy (non-hydrogen) atoms. The van der Waals surface area contributed by atoms with Gasteiger partial charge in [-0.15, -0.1) is 0 Å². The van der Waals surface area contributed by atoms with Gasteiger partial charge in [0.05, 0.1) is 22.5 Å². The third-order valence-corrected chi connectivity index (χ3v) is 4.81. The maximum absolute atomic E-state index is 13.8. The van der Waals surface area contributed by atoms with Crippen molar-refractivity contribution in [2.75, 3.05) is 0 Å². The average Bonchev–Trinajstić information content (AvgIpc) is 3.04. The van der Waals surface area contributed by atoms with Gasteiger partial charge in [0.1, 0.15) is 5.82 Å². The van der Waals surface area contributed by atoms with E-state index in [1.807, 2.05) is 24.3 Å². The first-order chi connectivity index (χ1) is 13.5. The summed E-state index contributed by atoms with van der Waals surface area (Å²) in [6, 6.07) is 14.8. The van der Waals surface area contributed by atoms with Gasteiger partial charge in [0, 0.05) is 11.1 Å². The molecule has 0 N–H and O–H groups in total. The third-order valence-electron chi connectivity index (χ3n) is 4.81. The zero-order valence-electron chi connectivity index (χ0n) is 15.5. The van der Waals surface area contributed by atoms with Crippen molar-refractivity contribution in [1.29, 1.82) is 0 Å². The smallest absolute Gasteiger partial charge is 0.228 e. The fraction of sp³-hybridized carbons (Fsp3) is 0.182. The summed E-state index contributed by atoms with van der Waals surface area (Å²) in [5, 5.41) is 4.72. The minimum absolute atomic E-state index is 0.106. The van der Waals surface area contributed by atoms with Crippen LogP contribution in [0.15, 0.2) is 54.6 Å². The molecule has 0 unspecified atom stereocenters. The van der Waals surface area contributed by atoms with Gasteiger partial charge >= 0.3 is 0 Å². The molecule has 0 radical (unpaired) electrons. The summed E-state index contributed by atoms with van der Waals surface area (Å²) in [6.07, 6.45) is -1.77. The molecule has 0 aliphatic rings. The minimum atomic E-state index is -2.66. The average molecular weight is 381 g/mol. The van der Waals surface area contributed by atoms with Gasteiger partial charge < -0.3 is 0 Å². The van der Waals surface area contributed by atoms with E-state index in [2.05, 4.69) is 17.0 Å². The van der Waals surface area contributed by atoms with E-state index in [1.54, 1.807) is 19.1 Å². The largest absolute Gasteiger partial charge is 0.264 e. The highest BCUT2D eigenvalue weighted by atomic mass is 19.3. The number of benzene rings is 2. The highest BCUT2D eigenvalue weighted by Gasteiger charge is 2.21. The molecule has 0 aliphatic heterocycles. The van der Waals surface area contributed by atoms with Crippen LogP contribution in [0.4, 0.5) is 13.2 Å². The first-order valence-corrected chi connectivity index (χ1v) is 9.01. The Balaban J connectivity index is 1.97. The molecule has 2 aromatic carbocycles. The summed E-state index contributed by atoms with van der Waals surface area (Å²) < 4.78 is 42.5. The summed E-state index contributed by atoms with van der Waals surface area (Å²) >= 11 is 0. The molecule has 0 fully saturated rings. The van der Waals surface area contributed by atoms with Crippen LogP contribution in [0, 0.1) is 12.7 Å². The Morgan fingerprint density at radius 3 is 2.29 bits per heavy atom. The second-order valence-corrected chi connectivity index (χ2v) is 6.62. The lowest BCUT2D eigenvalue weighted by atomic mass is 10.0. The molecule has 4 aromatic rings. The number of aryl methyl sites for hydroxylation is 2. The normalized spacial score (nSPS) is 11.5. The van der Waals surface area contributed by atoms with E-state index in [0.29, 0.717) is 28.1 Å². The fourth-order valence-electron chi connectivity index (χ4n) is 3.32. The molecule has 0 spiro atoms. The standard InChI is InChI=1S/C22H18F3N3/c1-3-14-4-6-15(7-5-14)19-12-18(21(24)25)20-13(2)27-28(22(20)26-19)17-10-8-16(23)9-11-17/h4-12,21H,3H2,1-2H3. The van der Waals surface area contributed by atoms with Gasteiger partial charge in [0.2, 0.25) is 0 Å². The summed E-state index contributed by atoms with van der Waals surface area (Å²) in [4.78, 5) is 4.64. The molecule has 2 heterocycles. The summed E-state index contributed by atoms with van der Waals surface area (Å²) in [6.45, 7) is 3.73. The van der Waals surface area contributed by atoms with Crippen LogP contribution in [0.25, 0.3) is 28.0 Å². The Hall–Kier alpha value is -3.15. The maximum atomic E-state index is 13.8. The van der Waals surface area contributed by atoms with Crippen molar-refractivity contribution in [3.63, 3.8) is 0 Å². The van der Waals surface area contributed by atoms with Crippen molar-refractivity contribution in [1.82, 2.24) is 14.8 Å². The molecular weight excluding hydrogens is 363 g/mol. The zero-order valence-corrected chi connectivity index (χ0v) is 15.5. The number of nitrogens with zero attached hydrogens (tertiary/aromatic N) is 3. The second kappa shape index (κ2) is 7.11. The highest BCUT2D eigenvalue weighted by molar-refractivity contribution is 5.86. The summed E-state index contributed by atoms with van der Waals surface area (Å²) in [5.41, 5.74) is 3.60. The molecule has 0 saturated carbocycles. The highest BCUT2D eigenvalue weighted by Crippen LogP contribution is 2.34. The van der Waals surface area contributed by atoms with Crippen LogP contribution in [-0.2, 0) is 6.42 Å². The number of aromatic nitrogens is 3. The van der Waals surface area contributed by atoms with Crippen LogP contribution >= 0.6 is 0 Å². The number of fused-ring (bicyclic) bond motifs is 1. The number of alkyl halides is 2. The molecule has 0 amide bonds. The van der Waals surface area contributed by atoms with Crippen LogP contribution in [0.1, 0.15) is 30.2 Å². The second-order valence-electron chi connectivity index (χ2n) is 6.62. The zero-order chi connectivity index (χ0) is 19.8. The van der Waals surface area contributed by atoms with E-state index in [1.165, 1.54) is 22.9 Å². The Bertz CT molecular complexity index is 1130. The molecule has 0 saturated heterocycles. The van der Waals surface area contributed by atoms with E-state index in [9.17, 15) is 13.2 Å². The van der Waals surface area contributed by atoms with Gasteiger partial charge in [-0.05, 0) is 49.2 Å². The van der Waals surface area contributed by atoms with Crippen LogP contribution < -0.4 is 0 Å². The van der Waals surface area contributed by atoms with Crippen LogP contribution in [0.2, 0.25) is 0 Å². The van der Waals surface area contributed by atoms with Crippen LogP contribution in [-0.4, -0.2) is 14.8 Å². The van der Waals surface area contributed by atoms with E-state index in [0.717, 1.165) is 17.5 Å². The lowest BCUT2D eigenvalue weighted by Gasteiger charge is -2.09. The maximum Gasteiger partial charge on any atom is 0.264 e. The minimum Gasteiger partial charge on any atom is -0.228 e. The first kappa shape index (κ1) is 18.2. The number of pyridine rings is 1. The summed E-state index contributed by atoms with van der Waals surface area (Å²) in [7, 11) is 0. The predicted octanol–water partition coefficient (Wildman–Crippen LogP) is 6.04. The Morgan fingerprint density at radius 1 is 1.00 bits per heavy atom. The van der Waals surface area contributed by atoms with Crippen molar-refractivity contribution in [3.8, 4) is 16.9 Å². The first-order valence-electron chi connectivity index (χ1n) is 9.01. The molecular formula is C22H18F3N3. The van der Waals surface area contributed by atoms with Crippen LogP contribution in [0.5, 0.6) is 0 Å².